The Hall–Kier alpha value is -2.00. The van der Waals surface area contributed by atoms with Crippen LogP contribution in [-0.2, 0) is 6.18 Å². The summed E-state index contributed by atoms with van der Waals surface area (Å²) in [6.07, 6.45) is -4.72. The Morgan fingerprint density at radius 1 is 1.20 bits per heavy atom. The Balaban J connectivity index is 2.71. The lowest BCUT2D eigenvalue weighted by Gasteiger charge is -2.06. The van der Waals surface area contributed by atoms with Crippen LogP contribution in [0.1, 0.15) is 22.4 Å². The zero-order valence-corrected chi connectivity index (χ0v) is 11.3. The van der Waals surface area contributed by atoms with Crippen molar-refractivity contribution in [2.24, 2.45) is 0 Å². The van der Waals surface area contributed by atoms with E-state index in [4.69, 9.17) is 16.9 Å². The molecule has 7 heteroatoms. The summed E-state index contributed by atoms with van der Waals surface area (Å²) in [5.41, 5.74) is 0.166. The van der Waals surface area contributed by atoms with Gasteiger partial charge in [0.25, 0.3) is 0 Å². The molecular weight excluding hydrogens is 291 g/mol. The van der Waals surface area contributed by atoms with E-state index in [2.05, 4.69) is 5.10 Å². The highest BCUT2D eigenvalue weighted by molar-refractivity contribution is 6.31. The molecule has 0 aliphatic carbocycles. The molecule has 0 atom stereocenters. The first-order chi connectivity index (χ1) is 9.24. The van der Waals surface area contributed by atoms with Crippen molar-refractivity contribution in [2.45, 2.75) is 20.0 Å². The first-order valence-corrected chi connectivity index (χ1v) is 5.96. The van der Waals surface area contributed by atoms with Gasteiger partial charge in [0.1, 0.15) is 11.6 Å². The van der Waals surface area contributed by atoms with Crippen LogP contribution in [0.25, 0.3) is 5.69 Å². The number of hydrogen-bond acceptors (Lipinski definition) is 2. The van der Waals surface area contributed by atoms with E-state index in [9.17, 15) is 13.2 Å². The fourth-order valence-corrected chi connectivity index (χ4v) is 2.21. The van der Waals surface area contributed by atoms with Crippen LogP contribution >= 0.6 is 11.6 Å². The number of aromatic nitrogens is 2. The van der Waals surface area contributed by atoms with Crippen LogP contribution < -0.4 is 0 Å². The van der Waals surface area contributed by atoms with Crippen molar-refractivity contribution in [3.05, 3.63) is 45.7 Å². The van der Waals surface area contributed by atoms with Crippen LogP contribution in [0.15, 0.2) is 18.2 Å². The average Bonchev–Trinajstić information content (AvgIpc) is 2.64. The van der Waals surface area contributed by atoms with E-state index in [1.807, 2.05) is 19.9 Å². The predicted molar refractivity (Wildman–Crippen MR) is 67.8 cm³/mol. The molecule has 0 saturated heterocycles. The van der Waals surface area contributed by atoms with Gasteiger partial charge in [-0.1, -0.05) is 17.7 Å². The van der Waals surface area contributed by atoms with Crippen LogP contribution in [0.5, 0.6) is 0 Å². The SMILES string of the molecule is Cc1cc(C)cc(-n2nc(C(F)(F)F)c(C#N)c2Cl)c1. The minimum Gasteiger partial charge on any atom is -0.220 e. The number of nitrogens with zero attached hydrogens (tertiary/aromatic N) is 3. The summed E-state index contributed by atoms with van der Waals surface area (Å²) in [4.78, 5) is 0. The van der Waals surface area contributed by atoms with Gasteiger partial charge in [0.2, 0.25) is 0 Å². The number of halogens is 4. The smallest absolute Gasteiger partial charge is 0.220 e. The summed E-state index contributed by atoms with van der Waals surface area (Å²) in [7, 11) is 0. The topological polar surface area (TPSA) is 41.6 Å². The maximum absolute atomic E-state index is 12.8. The Bertz CT molecular complexity index is 691. The second kappa shape index (κ2) is 4.84. The van der Waals surface area contributed by atoms with Gasteiger partial charge in [0.15, 0.2) is 10.8 Å². The third-order valence-corrected chi connectivity index (χ3v) is 3.01. The number of aryl methyl sites for hydroxylation is 2. The second-order valence-corrected chi connectivity index (χ2v) is 4.74. The average molecular weight is 300 g/mol. The zero-order valence-electron chi connectivity index (χ0n) is 10.6. The van der Waals surface area contributed by atoms with Crippen molar-refractivity contribution in [1.29, 1.82) is 5.26 Å². The highest BCUT2D eigenvalue weighted by Gasteiger charge is 2.39. The van der Waals surface area contributed by atoms with E-state index in [0.29, 0.717) is 5.69 Å². The van der Waals surface area contributed by atoms with Gasteiger partial charge in [-0.25, -0.2) is 4.68 Å². The Morgan fingerprint density at radius 2 is 1.75 bits per heavy atom. The minimum absolute atomic E-state index is 0.343. The van der Waals surface area contributed by atoms with E-state index in [0.717, 1.165) is 15.8 Å². The fourth-order valence-electron chi connectivity index (χ4n) is 1.94. The number of nitriles is 1. The normalized spacial score (nSPS) is 11.4. The minimum atomic E-state index is -4.72. The van der Waals surface area contributed by atoms with Gasteiger partial charge >= 0.3 is 6.18 Å². The maximum Gasteiger partial charge on any atom is 0.436 e. The number of hydrogen-bond donors (Lipinski definition) is 0. The number of alkyl halides is 3. The zero-order chi connectivity index (χ0) is 15.1. The molecule has 2 aromatic rings. The van der Waals surface area contributed by atoms with E-state index < -0.39 is 17.4 Å². The molecule has 0 unspecified atom stereocenters. The lowest BCUT2D eigenvalue weighted by Crippen LogP contribution is -2.09. The molecule has 0 spiro atoms. The molecule has 1 aromatic heterocycles. The fraction of sp³-hybridized carbons (Fsp3) is 0.231. The summed E-state index contributed by atoms with van der Waals surface area (Å²) in [5, 5.41) is 11.9. The molecule has 1 heterocycles. The standard InChI is InChI=1S/C13H9ClF3N3/c1-7-3-8(2)5-9(4-7)20-12(14)10(6-18)11(19-20)13(15,16)17/h3-5H,1-2H3. The second-order valence-electron chi connectivity index (χ2n) is 4.38. The molecule has 104 valence electrons. The van der Waals surface area contributed by atoms with Gasteiger partial charge in [-0.2, -0.15) is 23.5 Å². The first kappa shape index (κ1) is 14.4. The van der Waals surface area contributed by atoms with Crippen LogP contribution in [0.3, 0.4) is 0 Å². The molecule has 0 amide bonds. The molecule has 0 radical (unpaired) electrons. The van der Waals surface area contributed by atoms with Crippen LogP contribution in [0.4, 0.5) is 13.2 Å². The summed E-state index contributed by atoms with van der Waals surface area (Å²) >= 11 is 5.85. The van der Waals surface area contributed by atoms with Gasteiger partial charge in [-0.3, -0.25) is 0 Å². The quantitative estimate of drug-likeness (QED) is 0.797. The van der Waals surface area contributed by atoms with E-state index in [1.54, 1.807) is 12.1 Å². The Kier molecular flexibility index (Phi) is 3.48. The monoisotopic (exact) mass is 299 g/mol. The van der Waals surface area contributed by atoms with E-state index >= 15 is 0 Å². The molecule has 3 nitrogen and oxygen atoms in total. The molecule has 1 aromatic carbocycles. The molecule has 2 rings (SSSR count). The van der Waals surface area contributed by atoms with Gasteiger partial charge in [-0.05, 0) is 37.1 Å². The van der Waals surface area contributed by atoms with Gasteiger partial charge in [-0.15, -0.1) is 0 Å². The summed E-state index contributed by atoms with van der Waals surface area (Å²) in [5.74, 6) is 0. The molecule has 0 saturated carbocycles. The molecule has 20 heavy (non-hydrogen) atoms. The summed E-state index contributed by atoms with van der Waals surface area (Å²) in [6, 6.07) is 6.62. The van der Waals surface area contributed by atoms with Crippen molar-refractivity contribution in [2.75, 3.05) is 0 Å². The van der Waals surface area contributed by atoms with Gasteiger partial charge in [0, 0.05) is 0 Å². The van der Waals surface area contributed by atoms with Crippen molar-refractivity contribution >= 4 is 11.6 Å². The molecule has 0 fully saturated rings. The highest BCUT2D eigenvalue weighted by Crippen LogP contribution is 2.35. The molecule has 0 bridgehead atoms. The van der Waals surface area contributed by atoms with Crippen molar-refractivity contribution < 1.29 is 13.2 Å². The third-order valence-electron chi connectivity index (χ3n) is 2.66. The van der Waals surface area contributed by atoms with E-state index in [1.165, 1.54) is 6.07 Å². The maximum atomic E-state index is 12.8. The predicted octanol–water partition coefficient (Wildman–Crippen LogP) is 4.03. The largest absolute Gasteiger partial charge is 0.436 e. The van der Waals surface area contributed by atoms with Crippen molar-refractivity contribution in [3.63, 3.8) is 0 Å². The Morgan fingerprint density at radius 3 is 2.15 bits per heavy atom. The first-order valence-electron chi connectivity index (χ1n) is 5.58. The lowest BCUT2D eigenvalue weighted by atomic mass is 10.1. The Labute approximate surface area is 118 Å². The number of rotatable bonds is 1. The van der Waals surface area contributed by atoms with Crippen LogP contribution in [0.2, 0.25) is 5.15 Å². The molecule has 0 N–H and O–H groups in total. The van der Waals surface area contributed by atoms with E-state index in [-0.39, 0.29) is 5.15 Å². The molecule has 0 aliphatic rings. The molecule has 0 aliphatic heterocycles. The van der Waals surface area contributed by atoms with Crippen molar-refractivity contribution in [1.82, 2.24) is 9.78 Å². The van der Waals surface area contributed by atoms with Crippen LogP contribution in [0, 0.1) is 25.2 Å². The van der Waals surface area contributed by atoms with Crippen molar-refractivity contribution in [3.8, 4) is 11.8 Å². The number of benzene rings is 1. The molecular formula is C13H9ClF3N3. The summed E-state index contributed by atoms with van der Waals surface area (Å²) < 4.78 is 39.4. The highest BCUT2D eigenvalue weighted by atomic mass is 35.5. The van der Waals surface area contributed by atoms with Gasteiger partial charge < -0.3 is 0 Å². The third kappa shape index (κ3) is 2.49. The summed E-state index contributed by atoms with van der Waals surface area (Å²) in [6.45, 7) is 3.62. The lowest BCUT2D eigenvalue weighted by molar-refractivity contribution is -0.141. The van der Waals surface area contributed by atoms with Crippen LogP contribution in [-0.4, -0.2) is 9.78 Å². The van der Waals surface area contributed by atoms with Gasteiger partial charge in [0.05, 0.1) is 5.69 Å².